The molecule has 176 valence electrons. The van der Waals surface area contributed by atoms with Gasteiger partial charge in [-0.25, -0.2) is 8.42 Å². The van der Waals surface area contributed by atoms with Crippen molar-refractivity contribution in [2.24, 2.45) is 0 Å². The molecule has 0 aromatic heterocycles. The molecular formula is C26H27N3O4S. The Bertz CT molecular complexity index is 1250. The molecule has 0 bridgehead atoms. The maximum atomic E-state index is 13.1. The largest absolute Gasteiger partial charge is 0.484 e. The molecular weight excluding hydrogens is 450 g/mol. The lowest BCUT2D eigenvalue weighted by Crippen LogP contribution is -2.50. The third-order valence-electron chi connectivity index (χ3n) is 6.37. The zero-order chi connectivity index (χ0) is 23.5. The van der Waals surface area contributed by atoms with Crippen molar-refractivity contribution in [3.8, 4) is 5.75 Å². The predicted molar refractivity (Wildman–Crippen MR) is 132 cm³/mol. The van der Waals surface area contributed by atoms with Crippen LogP contribution in [0.4, 0.5) is 11.4 Å². The second-order valence-corrected chi connectivity index (χ2v) is 10.3. The molecule has 1 saturated heterocycles. The van der Waals surface area contributed by atoms with Crippen molar-refractivity contribution in [2.45, 2.75) is 11.3 Å². The molecule has 2 aliphatic rings. The molecule has 0 atom stereocenters. The van der Waals surface area contributed by atoms with E-state index in [1.165, 1.54) is 22.1 Å². The third-order valence-corrected chi connectivity index (χ3v) is 8.20. The van der Waals surface area contributed by atoms with Crippen molar-refractivity contribution in [2.75, 3.05) is 48.5 Å². The van der Waals surface area contributed by atoms with E-state index in [0.717, 1.165) is 24.3 Å². The van der Waals surface area contributed by atoms with Crippen molar-refractivity contribution in [3.05, 3.63) is 84.4 Å². The summed E-state index contributed by atoms with van der Waals surface area (Å²) in [6.07, 6.45) is 0.707. The van der Waals surface area contributed by atoms with Gasteiger partial charge in [0.05, 0.1) is 10.6 Å². The Morgan fingerprint density at radius 3 is 2.21 bits per heavy atom. The Hall–Kier alpha value is -3.52. The summed E-state index contributed by atoms with van der Waals surface area (Å²) in [5, 5.41) is 0. The highest BCUT2D eigenvalue weighted by atomic mass is 32.2. The fourth-order valence-electron chi connectivity index (χ4n) is 4.48. The monoisotopic (exact) mass is 477 g/mol. The van der Waals surface area contributed by atoms with Crippen LogP contribution in [0.3, 0.4) is 0 Å². The Labute approximate surface area is 200 Å². The lowest BCUT2D eigenvalue weighted by Gasteiger charge is -2.36. The molecule has 1 fully saturated rings. The number of sulfonamides is 1. The van der Waals surface area contributed by atoms with Crippen molar-refractivity contribution in [1.29, 1.82) is 0 Å². The molecule has 0 unspecified atom stereocenters. The van der Waals surface area contributed by atoms with E-state index in [-0.39, 0.29) is 17.4 Å². The van der Waals surface area contributed by atoms with Crippen LogP contribution in [-0.2, 0) is 21.2 Å². The normalized spacial score (nSPS) is 15.8. The lowest BCUT2D eigenvalue weighted by molar-refractivity contribution is -0.133. The minimum atomic E-state index is -3.65. The van der Waals surface area contributed by atoms with Gasteiger partial charge in [0, 0.05) is 38.4 Å². The molecule has 0 saturated carbocycles. The highest BCUT2D eigenvalue weighted by molar-refractivity contribution is 7.92. The van der Waals surface area contributed by atoms with Gasteiger partial charge in [-0.3, -0.25) is 9.10 Å². The Kier molecular flexibility index (Phi) is 6.15. The van der Waals surface area contributed by atoms with E-state index in [1.54, 1.807) is 12.1 Å². The summed E-state index contributed by atoms with van der Waals surface area (Å²) in [6.45, 7) is 3.21. The highest BCUT2D eigenvalue weighted by Crippen LogP contribution is 2.33. The number of para-hydroxylation sites is 2. The van der Waals surface area contributed by atoms with Crippen molar-refractivity contribution >= 4 is 27.3 Å². The molecule has 0 spiro atoms. The molecule has 34 heavy (non-hydrogen) atoms. The maximum absolute atomic E-state index is 13.1. The Morgan fingerprint density at radius 1 is 0.794 bits per heavy atom. The number of rotatable bonds is 6. The number of hydrogen-bond donors (Lipinski definition) is 0. The van der Waals surface area contributed by atoms with Crippen LogP contribution in [0.1, 0.15) is 5.56 Å². The van der Waals surface area contributed by atoms with E-state index in [2.05, 4.69) is 17.0 Å². The van der Waals surface area contributed by atoms with Gasteiger partial charge < -0.3 is 14.5 Å². The van der Waals surface area contributed by atoms with Gasteiger partial charge in [-0.2, -0.15) is 0 Å². The Morgan fingerprint density at radius 2 is 1.47 bits per heavy atom. The van der Waals surface area contributed by atoms with Crippen LogP contribution in [0.2, 0.25) is 0 Å². The molecule has 3 aromatic carbocycles. The van der Waals surface area contributed by atoms with E-state index < -0.39 is 10.0 Å². The van der Waals surface area contributed by atoms with Gasteiger partial charge in [-0.1, -0.05) is 36.4 Å². The zero-order valence-corrected chi connectivity index (χ0v) is 19.7. The number of ether oxygens (including phenoxy) is 1. The van der Waals surface area contributed by atoms with E-state index in [9.17, 15) is 13.2 Å². The first kappa shape index (κ1) is 22.3. The topological polar surface area (TPSA) is 70.2 Å². The van der Waals surface area contributed by atoms with E-state index in [0.29, 0.717) is 31.8 Å². The van der Waals surface area contributed by atoms with Crippen molar-refractivity contribution in [1.82, 2.24) is 4.90 Å². The van der Waals surface area contributed by atoms with E-state index >= 15 is 0 Å². The van der Waals surface area contributed by atoms with Crippen LogP contribution in [0.15, 0.2) is 83.8 Å². The summed E-state index contributed by atoms with van der Waals surface area (Å²) >= 11 is 0. The van der Waals surface area contributed by atoms with Crippen molar-refractivity contribution in [3.63, 3.8) is 0 Å². The number of carbonyl (C=O) groups excluding carboxylic acids is 1. The minimum Gasteiger partial charge on any atom is -0.484 e. The minimum absolute atomic E-state index is 0.0712. The van der Waals surface area contributed by atoms with E-state index in [1.807, 2.05) is 47.4 Å². The first-order valence-electron chi connectivity index (χ1n) is 11.4. The average Bonchev–Trinajstić information content (AvgIpc) is 3.33. The molecule has 0 N–H and O–H groups in total. The number of anilines is 2. The van der Waals surface area contributed by atoms with Gasteiger partial charge >= 0.3 is 0 Å². The van der Waals surface area contributed by atoms with Gasteiger partial charge in [0.15, 0.2) is 6.61 Å². The Balaban J connectivity index is 1.16. The zero-order valence-electron chi connectivity index (χ0n) is 18.8. The number of fused-ring (bicyclic) bond motifs is 1. The van der Waals surface area contributed by atoms with Crippen LogP contribution < -0.4 is 13.9 Å². The molecule has 5 rings (SSSR count). The number of hydrogen-bond acceptors (Lipinski definition) is 5. The fraction of sp³-hybridized carbons (Fsp3) is 0.269. The molecule has 1 amide bonds. The number of carbonyl (C=O) groups is 1. The second kappa shape index (κ2) is 9.38. The summed E-state index contributed by atoms with van der Waals surface area (Å²) in [7, 11) is -3.65. The number of amides is 1. The average molecular weight is 478 g/mol. The highest BCUT2D eigenvalue weighted by Gasteiger charge is 2.30. The first-order valence-corrected chi connectivity index (χ1v) is 12.9. The smallest absolute Gasteiger partial charge is 0.264 e. The summed E-state index contributed by atoms with van der Waals surface area (Å²) in [4.78, 5) is 16.9. The first-order chi connectivity index (χ1) is 16.5. The molecule has 2 heterocycles. The molecule has 2 aliphatic heterocycles. The molecule has 0 aliphatic carbocycles. The van der Waals surface area contributed by atoms with Crippen LogP contribution in [0.25, 0.3) is 0 Å². The van der Waals surface area contributed by atoms with Crippen LogP contribution >= 0.6 is 0 Å². The van der Waals surface area contributed by atoms with Gasteiger partial charge in [0.2, 0.25) is 0 Å². The standard InChI is InChI=1S/C26H27N3O4S/c30-26(28-18-16-27(17-19-28)22-7-2-1-3-8-22)20-33-23-10-12-24(13-11-23)34(31,32)29-15-14-21-6-4-5-9-25(21)29/h1-13H,14-20H2. The fourth-order valence-corrected chi connectivity index (χ4v) is 5.99. The summed E-state index contributed by atoms with van der Waals surface area (Å²) in [6, 6.07) is 24.0. The van der Waals surface area contributed by atoms with Crippen LogP contribution in [0.5, 0.6) is 5.75 Å². The van der Waals surface area contributed by atoms with Crippen LogP contribution in [0, 0.1) is 0 Å². The summed E-state index contributed by atoms with van der Waals surface area (Å²) in [5.41, 5.74) is 2.94. The van der Waals surface area contributed by atoms with Crippen LogP contribution in [-0.4, -0.2) is 58.6 Å². The van der Waals surface area contributed by atoms with Gasteiger partial charge in [-0.15, -0.1) is 0 Å². The number of piperazine rings is 1. The van der Waals surface area contributed by atoms with Gasteiger partial charge in [0.25, 0.3) is 15.9 Å². The molecule has 3 aromatic rings. The summed E-state index contributed by atoms with van der Waals surface area (Å²) < 4.78 is 33.4. The van der Waals surface area contributed by atoms with Gasteiger partial charge in [-0.05, 0) is 54.4 Å². The van der Waals surface area contributed by atoms with Crippen molar-refractivity contribution < 1.29 is 17.9 Å². The molecule has 8 heteroatoms. The van der Waals surface area contributed by atoms with Gasteiger partial charge in [0.1, 0.15) is 5.75 Å². The second-order valence-electron chi connectivity index (χ2n) is 8.42. The molecule has 7 nitrogen and oxygen atoms in total. The summed E-state index contributed by atoms with van der Waals surface area (Å²) in [5.74, 6) is 0.398. The third kappa shape index (κ3) is 4.46. The SMILES string of the molecule is O=C(COc1ccc(S(=O)(=O)N2CCc3ccccc32)cc1)N1CCN(c2ccccc2)CC1. The maximum Gasteiger partial charge on any atom is 0.264 e. The predicted octanol–water partition coefficient (Wildman–Crippen LogP) is 3.17. The quantitative estimate of drug-likeness (QED) is 0.546. The molecule has 0 radical (unpaired) electrons. The number of benzene rings is 3. The van der Waals surface area contributed by atoms with E-state index in [4.69, 9.17) is 4.74 Å². The lowest BCUT2D eigenvalue weighted by atomic mass is 10.2. The number of nitrogens with zero attached hydrogens (tertiary/aromatic N) is 3.